The number of carbonyl (C=O) groups is 1. The van der Waals surface area contributed by atoms with Crippen molar-refractivity contribution in [2.24, 2.45) is 5.14 Å². The lowest BCUT2D eigenvalue weighted by Gasteiger charge is -2.06. The number of nitrogens with two attached hydrogens (primary N) is 1. The summed E-state index contributed by atoms with van der Waals surface area (Å²) in [7, 11) is -3.80. The predicted octanol–water partition coefficient (Wildman–Crippen LogP) is 3.58. The first-order chi connectivity index (χ1) is 12.9. The summed E-state index contributed by atoms with van der Waals surface area (Å²) in [5.74, 6) is 0.372. The standard InChI is InChI=1S/C18H17N3O3S3/c19-27(23,24)15-8-4-7-14(11-15)20-17(22)9-10-25-18-21-16(12-26-18)13-5-2-1-3-6-13/h1-8,11-12H,9-10H2,(H,20,22)(H2,19,23,24). The quantitative estimate of drug-likeness (QED) is 0.570. The SMILES string of the molecule is NS(=O)(=O)c1cccc(NC(=O)CCSc2nc(-c3ccccc3)cs2)c1. The number of amides is 1. The van der Waals surface area contributed by atoms with Gasteiger partial charge < -0.3 is 5.32 Å². The van der Waals surface area contributed by atoms with E-state index < -0.39 is 10.0 Å². The second kappa shape index (κ2) is 8.66. The molecule has 1 heterocycles. The van der Waals surface area contributed by atoms with E-state index in [4.69, 9.17) is 5.14 Å². The fourth-order valence-corrected chi connectivity index (χ4v) is 4.67. The first-order valence-corrected chi connectivity index (χ1v) is 11.4. The van der Waals surface area contributed by atoms with Crippen LogP contribution < -0.4 is 10.5 Å². The number of hydrogen-bond acceptors (Lipinski definition) is 6. The van der Waals surface area contributed by atoms with E-state index in [0.29, 0.717) is 11.4 Å². The second-order valence-corrected chi connectivity index (χ2v) is 9.35. The van der Waals surface area contributed by atoms with Crippen LogP contribution in [-0.4, -0.2) is 25.1 Å². The lowest BCUT2D eigenvalue weighted by atomic mass is 10.2. The van der Waals surface area contributed by atoms with Crippen LogP contribution in [0.1, 0.15) is 6.42 Å². The third-order valence-corrected chi connectivity index (χ3v) is 6.49. The van der Waals surface area contributed by atoms with Crippen LogP contribution in [0.25, 0.3) is 11.3 Å². The van der Waals surface area contributed by atoms with Gasteiger partial charge in [-0.2, -0.15) is 0 Å². The molecule has 3 rings (SSSR count). The number of nitrogens with one attached hydrogen (secondary N) is 1. The molecule has 0 atom stereocenters. The summed E-state index contributed by atoms with van der Waals surface area (Å²) < 4.78 is 23.6. The van der Waals surface area contributed by atoms with E-state index in [1.165, 1.54) is 30.0 Å². The van der Waals surface area contributed by atoms with Crippen LogP contribution in [0.5, 0.6) is 0 Å². The molecule has 1 aromatic heterocycles. The maximum Gasteiger partial charge on any atom is 0.238 e. The Labute approximate surface area is 165 Å². The highest BCUT2D eigenvalue weighted by atomic mass is 32.2. The van der Waals surface area contributed by atoms with E-state index in [0.717, 1.165) is 15.6 Å². The molecule has 6 nitrogen and oxygen atoms in total. The molecule has 0 bridgehead atoms. The summed E-state index contributed by atoms with van der Waals surface area (Å²) >= 11 is 3.06. The number of benzene rings is 2. The third-order valence-electron chi connectivity index (χ3n) is 3.55. The van der Waals surface area contributed by atoms with Gasteiger partial charge in [-0.3, -0.25) is 4.79 Å². The molecule has 0 saturated heterocycles. The second-order valence-electron chi connectivity index (χ2n) is 5.58. The molecule has 0 aliphatic carbocycles. The average Bonchev–Trinajstić information content (AvgIpc) is 3.11. The number of thioether (sulfide) groups is 1. The smallest absolute Gasteiger partial charge is 0.238 e. The molecule has 27 heavy (non-hydrogen) atoms. The molecule has 0 aliphatic heterocycles. The number of sulfonamides is 1. The lowest BCUT2D eigenvalue weighted by molar-refractivity contribution is -0.115. The van der Waals surface area contributed by atoms with Gasteiger partial charge in [-0.25, -0.2) is 18.5 Å². The van der Waals surface area contributed by atoms with Crippen LogP contribution in [0.4, 0.5) is 5.69 Å². The first-order valence-electron chi connectivity index (χ1n) is 7.98. The van der Waals surface area contributed by atoms with E-state index in [9.17, 15) is 13.2 Å². The van der Waals surface area contributed by atoms with Crippen molar-refractivity contribution in [1.82, 2.24) is 4.98 Å². The minimum atomic E-state index is -3.80. The lowest BCUT2D eigenvalue weighted by Crippen LogP contribution is -2.15. The van der Waals surface area contributed by atoms with Crippen molar-refractivity contribution < 1.29 is 13.2 Å². The Bertz CT molecular complexity index is 1030. The van der Waals surface area contributed by atoms with E-state index in [1.807, 2.05) is 35.7 Å². The van der Waals surface area contributed by atoms with Gasteiger partial charge in [-0.15, -0.1) is 11.3 Å². The number of carbonyl (C=O) groups excluding carboxylic acids is 1. The van der Waals surface area contributed by atoms with Crippen LogP contribution in [0.3, 0.4) is 0 Å². The molecule has 2 aromatic carbocycles. The number of thiazole rings is 1. The minimum Gasteiger partial charge on any atom is -0.326 e. The minimum absolute atomic E-state index is 0.0362. The van der Waals surface area contributed by atoms with Crippen molar-refractivity contribution in [3.05, 3.63) is 60.0 Å². The topological polar surface area (TPSA) is 102 Å². The normalized spacial score (nSPS) is 11.3. The number of rotatable bonds is 7. The maximum atomic E-state index is 12.1. The number of nitrogens with zero attached hydrogens (tertiary/aromatic N) is 1. The van der Waals surface area contributed by atoms with Gasteiger partial charge >= 0.3 is 0 Å². The van der Waals surface area contributed by atoms with Crippen molar-refractivity contribution in [2.45, 2.75) is 15.7 Å². The molecule has 0 saturated carbocycles. The Hall–Kier alpha value is -2.20. The summed E-state index contributed by atoms with van der Waals surface area (Å²) in [4.78, 5) is 16.6. The van der Waals surface area contributed by atoms with Gasteiger partial charge in [0, 0.05) is 28.8 Å². The first kappa shape index (κ1) is 19.6. The van der Waals surface area contributed by atoms with Gasteiger partial charge in [0.15, 0.2) is 4.34 Å². The van der Waals surface area contributed by atoms with Crippen LogP contribution in [0.2, 0.25) is 0 Å². The van der Waals surface area contributed by atoms with Crippen molar-refractivity contribution in [2.75, 3.05) is 11.1 Å². The zero-order valence-corrected chi connectivity index (χ0v) is 16.6. The van der Waals surface area contributed by atoms with E-state index in [-0.39, 0.29) is 17.2 Å². The van der Waals surface area contributed by atoms with Crippen LogP contribution in [0, 0.1) is 0 Å². The van der Waals surface area contributed by atoms with Crippen molar-refractivity contribution >= 4 is 44.7 Å². The Balaban J connectivity index is 1.51. The number of hydrogen-bond donors (Lipinski definition) is 2. The van der Waals surface area contributed by atoms with E-state index in [1.54, 1.807) is 17.4 Å². The monoisotopic (exact) mass is 419 g/mol. The molecule has 9 heteroatoms. The van der Waals surface area contributed by atoms with Crippen LogP contribution in [0.15, 0.2) is 69.2 Å². The fraction of sp³-hybridized carbons (Fsp3) is 0.111. The zero-order valence-electron chi connectivity index (χ0n) is 14.2. The molecule has 140 valence electrons. The molecular weight excluding hydrogens is 402 g/mol. The van der Waals surface area contributed by atoms with Gasteiger partial charge in [0.2, 0.25) is 15.9 Å². The molecule has 3 N–H and O–H groups in total. The maximum absolute atomic E-state index is 12.1. The fourth-order valence-electron chi connectivity index (χ4n) is 2.27. The van der Waals surface area contributed by atoms with Gasteiger partial charge in [0.1, 0.15) is 0 Å². The van der Waals surface area contributed by atoms with Crippen molar-refractivity contribution in [1.29, 1.82) is 0 Å². The molecule has 0 fully saturated rings. The summed E-state index contributed by atoms with van der Waals surface area (Å²) in [6.45, 7) is 0. The summed E-state index contributed by atoms with van der Waals surface area (Å²) in [5, 5.41) is 9.77. The number of primary sulfonamides is 1. The van der Waals surface area contributed by atoms with E-state index in [2.05, 4.69) is 10.3 Å². The summed E-state index contributed by atoms with van der Waals surface area (Å²) in [6, 6.07) is 15.8. The Kier molecular flexibility index (Phi) is 6.27. The van der Waals surface area contributed by atoms with Crippen LogP contribution >= 0.6 is 23.1 Å². The molecular formula is C18H17N3O3S3. The largest absolute Gasteiger partial charge is 0.326 e. The Morgan fingerprint density at radius 2 is 1.93 bits per heavy atom. The summed E-state index contributed by atoms with van der Waals surface area (Å²) in [5.41, 5.74) is 2.39. The Morgan fingerprint density at radius 3 is 2.67 bits per heavy atom. The predicted molar refractivity (Wildman–Crippen MR) is 109 cm³/mol. The van der Waals surface area contributed by atoms with Crippen molar-refractivity contribution in [3.63, 3.8) is 0 Å². The number of aromatic nitrogens is 1. The van der Waals surface area contributed by atoms with Crippen molar-refractivity contribution in [3.8, 4) is 11.3 Å². The van der Waals surface area contributed by atoms with E-state index >= 15 is 0 Å². The van der Waals surface area contributed by atoms with Gasteiger partial charge in [0.05, 0.1) is 10.6 Å². The average molecular weight is 420 g/mol. The van der Waals surface area contributed by atoms with Gasteiger partial charge in [-0.1, -0.05) is 48.2 Å². The van der Waals surface area contributed by atoms with Gasteiger partial charge in [0.25, 0.3) is 0 Å². The highest BCUT2D eigenvalue weighted by molar-refractivity contribution is 8.01. The van der Waals surface area contributed by atoms with Gasteiger partial charge in [-0.05, 0) is 18.2 Å². The van der Waals surface area contributed by atoms with Crippen LogP contribution in [-0.2, 0) is 14.8 Å². The molecule has 1 amide bonds. The molecule has 0 radical (unpaired) electrons. The molecule has 0 aliphatic rings. The molecule has 0 unspecified atom stereocenters. The highest BCUT2D eigenvalue weighted by Crippen LogP contribution is 2.28. The molecule has 0 spiro atoms. The summed E-state index contributed by atoms with van der Waals surface area (Å²) in [6.07, 6.45) is 0.282. The Morgan fingerprint density at radius 1 is 1.15 bits per heavy atom. The highest BCUT2D eigenvalue weighted by Gasteiger charge is 2.10. The third kappa shape index (κ3) is 5.64. The number of anilines is 1. The zero-order chi connectivity index (χ0) is 19.3. The molecule has 3 aromatic rings.